The lowest BCUT2D eigenvalue weighted by atomic mass is 10.3. The molecule has 0 aliphatic carbocycles. The molecule has 2 aromatic rings. The van der Waals surface area contributed by atoms with Crippen LogP contribution in [-0.2, 0) is 0 Å². The zero-order valence-corrected chi connectivity index (χ0v) is 10.8. The monoisotopic (exact) mass is 250 g/mol. The molecule has 0 saturated carbocycles. The van der Waals surface area contributed by atoms with E-state index in [1.165, 1.54) is 0 Å². The maximum atomic E-state index is 5.18. The van der Waals surface area contributed by atoms with Crippen LogP contribution in [0.1, 0.15) is 23.9 Å². The van der Waals surface area contributed by atoms with E-state index in [0.29, 0.717) is 11.7 Å². The van der Waals surface area contributed by atoms with Gasteiger partial charge in [0.05, 0.1) is 12.4 Å². The van der Waals surface area contributed by atoms with E-state index in [1.54, 1.807) is 18.9 Å². The molecule has 0 fully saturated rings. The molecule has 0 aliphatic rings. The molecule has 1 heterocycles. The first-order chi connectivity index (χ1) is 8.19. The van der Waals surface area contributed by atoms with Gasteiger partial charge in [-0.25, -0.2) is 0 Å². The third kappa shape index (κ3) is 3.00. The fourth-order valence-corrected chi connectivity index (χ4v) is 2.35. The van der Waals surface area contributed by atoms with Gasteiger partial charge in [0.1, 0.15) is 5.75 Å². The molecule has 5 heteroatoms. The molecule has 1 aromatic carbocycles. The van der Waals surface area contributed by atoms with Gasteiger partial charge in [0, 0.05) is 4.90 Å². The Kier molecular flexibility index (Phi) is 3.68. The lowest BCUT2D eigenvalue weighted by Crippen LogP contribution is -1.89. The second-order valence-corrected chi connectivity index (χ2v) is 5.03. The summed E-state index contributed by atoms with van der Waals surface area (Å²) in [6, 6.07) is 7.91. The minimum Gasteiger partial charge on any atom is -0.497 e. The van der Waals surface area contributed by atoms with Gasteiger partial charge >= 0.3 is 0 Å². The van der Waals surface area contributed by atoms with Gasteiger partial charge in [0.15, 0.2) is 5.82 Å². The number of methoxy groups -OCH3 is 1. The van der Waals surface area contributed by atoms with Crippen molar-refractivity contribution in [1.29, 1.82) is 0 Å². The number of aryl methyl sites for hydroxylation is 1. The van der Waals surface area contributed by atoms with Crippen LogP contribution in [0.3, 0.4) is 0 Å². The summed E-state index contributed by atoms with van der Waals surface area (Å²) < 4.78 is 10.3. The second-order valence-electron chi connectivity index (χ2n) is 3.62. The molecule has 0 aliphatic heterocycles. The first-order valence-corrected chi connectivity index (χ1v) is 6.18. The minimum atomic E-state index is 0.128. The molecule has 17 heavy (non-hydrogen) atoms. The van der Waals surface area contributed by atoms with Crippen LogP contribution in [0.5, 0.6) is 5.75 Å². The van der Waals surface area contributed by atoms with Crippen molar-refractivity contribution in [1.82, 2.24) is 10.1 Å². The summed E-state index contributed by atoms with van der Waals surface area (Å²) in [6.07, 6.45) is 0. The summed E-state index contributed by atoms with van der Waals surface area (Å²) in [5, 5.41) is 3.92. The highest BCUT2D eigenvalue weighted by Crippen LogP contribution is 2.35. The fourth-order valence-electron chi connectivity index (χ4n) is 1.41. The van der Waals surface area contributed by atoms with Gasteiger partial charge in [-0.15, -0.1) is 11.8 Å². The Hall–Kier alpha value is -1.49. The summed E-state index contributed by atoms with van der Waals surface area (Å²) >= 11 is 1.66. The highest BCUT2D eigenvalue weighted by Gasteiger charge is 2.14. The number of aromatic nitrogens is 2. The van der Waals surface area contributed by atoms with Gasteiger partial charge in [-0.05, 0) is 32.0 Å². The van der Waals surface area contributed by atoms with E-state index in [2.05, 4.69) is 10.1 Å². The van der Waals surface area contributed by atoms with E-state index >= 15 is 0 Å². The van der Waals surface area contributed by atoms with Crippen LogP contribution >= 0.6 is 11.8 Å². The maximum absolute atomic E-state index is 5.18. The Morgan fingerprint density at radius 2 is 2.24 bits per heavy atom. The molecular formula is C12H14N2O2S. The van der Waals surface area contributed by atoms with Crippen LogP contribution in [-0.4, -0.2) is 17.3 Å². The lowest BCUT2D eigenvalue weighted by Gasteiger charge is -2.07. The Morgan fingerprint density at radius 3 is 2.88 bits per heavy atom. The van der Waals surface area contributed by atoms with E-state index < -0.39 is 0 Å². The van der Waals surface area contributed by atoms with E-state index in [-0.39, 0.29) is 5.25 Å². The number of rotatable bonds is 4. The van der Waals surface area contributed by atoms with Crippen molar-refractivity contribution < 1.29 is 9.26 Å². The predicted octanol–water partition coefficient (Wildman–Crippen LogP) is 3.24. The van der Waals surface area contributed by atoms with Crippen molar-refractivity contribution in [2.45, 2.75) is 24.0 Å². The van der Waals surface area contributed by atoms with Crippen molar-refractivity contribution in [3.63, 3.8) is 0 Å². The van der Waals surface area contributed by atoms with Crippen LogP contribution in [0, 0.1) is 6.92 Å². The Morgan fingerprint density at radius 1 is 1.41 bits per heavy atom. The Bertz CT molecular complexity index is 499. The quantitative estimate of drug-likeness (QED) is 0.780. The molecule has 90 valence electrons. The van der Waals surface area contributed by atoms with Crippen LogP contribution in [0.25, 0.3) is 0 Å². The van der Waals surface area contributed by atoms with Crippen LogP contribution in [0.4, 0.5) is 0 Å². The van der Waals surface area contributed by atoms with Gasteiger partial charge in [-0.1, -0.05) is 11.2 Å². The number of hydrogen-bond donors (Lipinski definition) is 0. The molecule has 0 saturated heterocycles. The zero-order valence-electron chi connectivity index (χ0n) is 10.0. The van der Waals surface area contributed by atoms with E-state index in [0.717, 1.165) is 10.6 Å². The standard InChI is InChI=1S/C12H14N2O2S/c1-8(12-13-9(2)14-16-12)17-11-6-4-5-10(7-11)15-3/h4-8H,1-3H3/t8-/m0/s1. The van der Waals surface area contributed by atoms with Crippen molar-refractivity contribution in [3.05, 3.63) is 36.0 Å². The van der Waals surface area contributed by atoms with Crippen molar-refractivity contribution in [3.8, 4) is 5.75 Å². The van der Waals surface area contributed by atoms with Crippen molar-refractivity contribution in [2.24, 2.45) is 0 Å². The third-order valence-corrected chi connectivity index (χ3v) is 3.33. The Labute approximate surface area is 104 Å². The number of ether oxygens (including phenoxy) is 1. The minimum absolute atomic E-state index is 0.128. The molecule has 4 nitrogen and oxygen atoms in total. The van der Waals surface area contributed by atoms with Gasteiger partial charge in [0.2, 0.25) is 5.89 Å². The highest BCUT2D eigenvalue weighted by atomic mass is 32.2. The average Bonchev–Trinajstić information content (AvgIpc) is 2.76. The topological polar surface area (TPSA) is 48.2 Å². The van der Waals surface area contributed by atoms with Gasteiger partial charge in [-0.3, -0.25) is 0 Å². The molecule has 2 rings (SSSR count). The second kappa shape index (κ2) is 5.23. The summed E-state index contributed by atoms with van der Waals surface area (Å²) in [4.78, 5) is 5.34. The van der Waals surface area contributed by atoms with E-state index in [1.807, 2.05) is 38.1 Å². The van der Waals surface area contributed by atoms with Crippen molar-refractivity contribution >= 4 is 11.8 Å². The number of hydrogen-bond acceptors (Lipinski definition) is 5. The zero-order chi connectivity index (χ0) is 12.3. The summed E-state index contributed by atoms with van der Waals surface area (Å²) in [7, 11) is 1.66. The first kappa shape index (κ1) is 12.0. The van der Waals surface area contributed by atoms with Crippen LogP contribution in [0.15, 0.2) is 33.7 Å². The molecule has 0 amide bonds. The highest BCUT2D eigenvalue weighted by molar-refractivity contribution is 7.99. The molecular weight excluding hydrogens is 236 g/mol. The lowest BCUT2D eigenvalue weighted by molar-refractivity contribution is 0.376. The van der Waals surface area contributed by atoms with E-state index in [4.69, 9.17) is 9.26 Å². The predicted molar refractivity (Wildman–Crippen MR) is 66.3 cm³/mol. The largest absolute Gasteiger partial charge is 0.497 e. The normalized spacial score (nSPS) is 12.4. The number of nitrogens with zero attached hydrogens (tertiary/aromatic N) is 2. The average molecular weight is 250 g/mol. The van der Waals surface area contributed by atoms with Crippen LogP contribution in [0.2, 0.25) is 0 Å². The molecule has 0 unspecified atom stereocenters. The smallest absolute Gasteiger partial charge is 0.239 e. The number of thioether (sulfide) groups is 1. The molecule has 1 atom stereocenters. The molecule has 0 radical (unpaired) electrons. The summed E-state index contributed by atoms with van der Waals surface area (Å²) in [5.74, 6) is 2.16. The van der Waals surface area contributed by atoms with Gasteiger partial charge in [0.25, 0.3) is 0 Å². The SMILES string of the molecule is COc1cccc(S[C@@H](C)c2nc(C)no2)c1. The molecule has 0 bridgehead atoms. The first-order valence-electron chi connectivity index (χ1n) is 5.30. The molecule has 1 aromatic heterocycles. The summed E-state index contributed by atoms with van der Waals surface area (Å²) in [6.45, 7) is 3.85. The fraction of sp³-hybridized carbons (Fsp3) is 0.333. The summed E-state index contributed by atoms with van der Waals surface area (Å²) in [5.41, 5.74) is 0. The maximum Gasteiger partial charge on any atom is 0.239 e. The van der Waals surface area contributed by atoms with E-state index in [9.17, 15) is 0 Å². The molecule has 0 spiro atoms. The van der Waals surface area contributed by atoms with Gasteiger partial charge < -0.3 is 9.26 Å². The molecule has 0 N–H and O–H groups in total. The van der Waals surface area contributed by atoms with Crippen LogP contribution < -0.4 is 4.74 Å². The third-order valence-electron chi connectivity index (χ3n) is 2.25. The van der Waals surface area contributed by atoms with Gasteiger partial charge in [-0.2, -0.15) is 4.98 Å². The Balaban J connectivity index is 2.09. The number of benzene rings is 1. The van der Waals surface area contributed by atoms with Crippen molar-refractivity contribution in [2.75, 3.05) is 7.11 Å².